The molecule has 1 aromatic rings. The molecule has 18 heavy (non-hydrogen) atoms. The van der Waals surface area contributed by atoms with Gasteiger partial charge in [0.05, 0.1) is 18.4 Å². The number of rotatable bonds is 1. The Morgan fingerprint density at radius 3 is 2.94 bits per heavy atom. The third-order valence-corrected chi connectivity index (χ3v) is 2.71. The zero-order valence-corrected chi connectivity index (χ0v) is 10.3. The van der Waals surface area contributed by atoms with Gasteiger partial charge in [-0.25, -0.2) is 14.7 Å². The number of amides is 1. The van der Waals surface area contributed by atoms with Gasteiger partial charge in [0.1, 0.15) is 5.84 Å². The van der Waals surface area contributed by atoms with Gasteiger partial charge in [0.15, 0.2) is 6.04 Å². The van der Waals surface area contributed by atoms with Crippen molar-refractivity contribution in [1.29, 1.82) is 5.26 Å². The summed E-state index contributed by atoms with van der Waals surface area (Å²) >= 11 is 0. The molecule has 1 atom stereocenters. The average molecular weight is 243 g/mol. The Bertz CT molecular complexity index is 545. The van der Waals surface area contributed by atoms with Crippen LogP contribution >= 0.6 is 0 Å². The highest BCUT2D eigenvalue weighted by Crippen LogP contribution is 2.34. The van der Waals surface area contributed by atoms with E-state index in [0.717, 1.165) is 11.3 Å². The van der Waals surface area contributed by atoms with Crippen LogP contribution in [0.15, 0.2) is 29.3 Å². The summed E-state index contributed by atoms with van der Waals surface area (Å²) in [6.07, 6.45) is -0.542. The van der Waals surface area contributed by atoms with Crippen LogP contribution in [0.5, 0.6) is 0 Å². The van der Waals surface area contributed by atoms with Crippen molar-refractivity contribution in [2.24, 2.45) is 4.99 Å². The van der Waals surface area contributed by atoms with Crippen molar-refractivity contribution < 1.29 is 9.53 Å². The number of para-hydroxylation sites is 1. The monoisotopic (exact) mass is 243 g/mol. The lowest BCUT2D eigenvalue weighted by Gasteiger charge is -2.30. The molecule has 5 nitrogen and oxygen atoms in total. The molecule has 1 aromatic carbocycles. The van der Waals surface area contributed by atoms with E-state index < -0.39 is 12.1 Å². The summed E-state index contributed by atoms with van der Waals surface area (Å²) in [6, 6.07) is 8.74. The number of nitrogens with zero attached hydrogens (tertiary/aromatic N) is 3. The fourth-order valence-corrected chi connectivity index (χ4v) is 1.93. The topological polar surface area (TPSA) is 65.7 Å². The van der Waals surface area contributed by atoms with Crippen molar-refractivity contribution in [2.45, 2.75) is 19.9 Å². The number of ether oxygens (including phenoxy) is 1. The number of fused-ring (bicyclic) bond motifs is 1. The van der Waals surface area contributed by atoms with Gasteiger partial charge in [-0.05, 0) is 19.9 Å². The van der Waals surface area contributed by atoms with Gasteiger partial charge < -0.3 is 4.74 Å². The smallest absolute Gasteiger partial charge is 0.416 e. The van der Waals surface area contributed by atoms with Gasteiger partial charge in [-0.1, -0.05) is 18.2 Å². The molecule has 0 bridgehead atoms. The predicted octanol–water partition coefficient (Wildman–Crippen LogP) is 2.77. The Hall–Kier alpha value is -2.35. The first kappa shape index (κ1) is 12.1. The molecule has 0 saturated carbocycles. The molecular formula is C13H13N3O2. The van der Waals surface area contributed by atoms with Gasteiger partial charge in [-0.3, -0.25) is 0 Å². The van der Waals surface area contributed by atoms with Gasteiger partial charge in [0.2, 0.25) is 0 Å². The minimum Gasteiger partial charge on any atom is -0.449 e. The molecule has 1 aliphatic rings. The first-order valence-corrected chi connectivity index (χ1v) is 5.68. The summed E-state index contributed by atoms with van der Waals surface area (Å²) < 4.78 is 4.95. The minimum absolute atomic E-state index is 0.266. The molecule has 0 aromatic heterocycles. The molecule has 0 N–H and O–H groups in total. The fraction of sp³-hybridized carbons (Fsp3) is 0.308. The van der Waals surface area contributed by atoms with Crippen LogP contribution in [-0.4, -0.2) is 23.4 Å². The Kier molecular flexibility index (Phi) is 3.28. The van der Waals surface area contributed by atoms with Crippen molar-refractivity contribution in [2.75, 3.05) is 6.61 Å². The molecule has 1 heterocycles. The summed E-state index contributed by atoms with van der Waals surface area (Å²) in [4.78, 5) is 17.5. The summed E-state index contributed by atoms with van der Waals surface area (Å²) in [6.45, 7) is 3.68. The van der Waals surface area contributed by atoms with E-state index in [4.69, 9.17) is 4.74 Å². The van der Waals surface area contributed by atoms with Gasteiger partial charge in [0.25, 0.3) is 0 Å². The SMILES string of the molecule is CCOC(=O)N1C(C)=Nc2ccccc2C1C#N. The second-order valence-electron chi connectivity index (χ2n) is 3.82. The van der Waals surface area contributed by atoms with E-state index in [1.54, 1.807) is 19.9 Å². The summed E-state index contributed by atoms with van der Waals surface area (Å²) in [5.74, 6) is 0.471. The molecule has 0 spiro atoms. The highest BCUT2D eigenvalue weighted by Gasteiger charge is 2.33. The zero-order chi connectivity index (χ0) is 13.1. The standard InChI is InChI=1S/C13H13N3O2/c1-3-18-13(17)16-9(2)15-11-7-5-4-6-10(11)12(16)8-14/h4-7,12H,3H2,1-2H3. The maximum atomic E-state index is 11.9. The van der Waals surface area contributed by atoms with E-state index in [0.29, 0.717) is 5.84 Å². The first-order chi connectivity index (χ1) is 8.69. The number of amidine groups is 1. The lowest BCUT2D eigenvalue weighted by molar-refractivity contribution is 0.122. The Balaban J connectivity index is 2.46. The highest BCUT2D eigenvalue weighted by molar-refractivity contribution is 5.98. The van der Waals surface area contributed by atoms with Crippen LogP contribution in [0.1, 0.15) is 25.5 Å². The fourth-order valence-electron chi connectivity index (χ4n) is 1.93. The molecule has 1 unspecified atom stereocenters. The molecule has 0 aliphatic carbocycles. The third-order valence-electron chi connectivity index (χ3n) is 2.71. The number of nitriles is 1. The van der Waals surface area contributed by atoms with E-state index >= 15 is 0 Å². The number of carbonyl (C=O) groups is 1. The number of hydrogen-bond donors (Lipinski definition) is 0. The van der Waals surface area contributed by atoms with Gasteiger partial charge in [-0.2, -0.15) is 5.26 Å². The first-order valence-electron chi connectivity index (χ1n) is 5.68. The molecule has 5 heteroatoms. The van der Waals surface area contributed by atoms with Crippen molar-refractivity contribution >= 4 is 17.6 Å². The van der Waals surface area contributed by atoms with Crippen LogP contribution in [0.2, 0.25) is 0 Å². The van der Waals surface area contributed by atoms with Crippen molar-refractivity contribution in [3.63, 3.8) is 0 Å². The molecule has 0 fully saturated rings. The maximum Gasteiger partial charge on any atom is 0.416 e. The van der Waals surface area contributed by atoms with Crippen molar-refractivity contribution in [1.82, 2.24) is 4.90 Å². The third kappa shape index (κ3) is 1.93. The van der Waals surface area contributed by atoms with Crippen molar-refractivity contribution in [3.05, 3.63) is 29.8 Å². The molecule has 1 amide bonds. The maximum absolute atomic E-state index is 11.9. The quantitative estimate of drug-likeness (QED) is 0.761. The molecule has 2 rings (SSSR count). The van der Waals surface area contributed by atoms with E-state index in [1.165, 1.54) is 4.90 Å². The number of hydrogen-bond acceptors (Lipinski definition) is 4. The second-order valence-corrected chi connectivity index (χ2v) is 3.82. The molecule has 1 aliphatic heterocycles. The number of aliphatic imine (C=N–C) groups is 1. The van der Waals surface area contributed by atoms with Gasteiger partial charge >= 0.3 is 6.09 Å². The van der Waals surface area contributed by atoms with Crippen LogP contribution in [0, 0.1) is 11.3 Å². The second kappa shape index (κ2) is 4.88. The zero-order valence-electron chi connectivity index (χ0n) is 10.3. The van der Waals surface area contributed by atoms with Crippen LogP contribution < -0.4 is 0 Å². The molecule has 0 saturated heterocycles. The van der Waals surface area contributed by atoms with Gasteiger partial charge in [0, 0.05) is 5.56 Å². The largest absolute Gasteiger partial charge is 0.449 e. The summed E-state index contributed by atoms with van der Waals surface area (Å²) in [5.41, 5.74) is 1.45. The molecule has 92 valence electrons. The Morgan fingerprint density at radius 2 is 2.28 bits per heavy atom. The summed E-state index contributed by atoms with van der Waals surface area (Å²) in [5, 5.41) is 9.29. The van der Waals surface area contributed by atoms with Crippen LogP contribution in [0.25, 0.3) is 0 Å². The van der Waals surface area contributed by atoms with Crippen LogP contribution in [0.4, 0.5) is 10.5 Å². The van der Waals surface area contributed by atoms with Crippen LogP contribution in [0.3, 0.4) is 0 Å². The Morgan fingerprint density at radius 1 is 1.56 bits per heavy atom. The van der Waals surface area contributed by atoms with E-state index in [9.17, 15) is 10.1 Å². The lowest BCUT2D eigenvalue weighted by Crippen LogP contribution is -2.40. The predicted molar refractivity (Wildman–Crippen MR) is 66.4 cm³/mol. The van der Waals surface area contributed by atoms with E-state index in [-0.39, 0.29) is 6.61 Å². The lowest BCUT2D eigenvalue weighted by atomic mass is 10.0. The normalized spacial score (nSPS) is 17.5. The van der Waals surface area contributed by atoms with E-state index in [2.05, 4.69) is 11.1 Å². The van der Waals surface area contributed by atoms with Crippen molar-refractivity contribution in [3.8, 4) is 6.07 Å². The molecular weight excluding hydrogens is 230 g/mol. The molecule has 0 radical (unpaired) electrons. The minimum atomic E-state index is -0.683. The summed E-state index contributed by atoms with van der Waals surface area (Å²) in [7, 11) is 0. The number of carbonyl (C=O) groups excluding carboxylic acids is 1. The Labute approximate surface area is 105 Å². The number of benzene rings is 1. The van der Waals surface area contributed by atoms with Gasteiger partial charge in [-0.15, -0.1) is 0 Å². The van der Waals surface area contributed by atoms with E-state index in [1.807, 2.05) is 18.2 Å². The average Bonchev–Trinajstić information content (AvgIpc) is 2.37. The van der Waals surface area contributed by atoms with Crippen LogP contribution in [-0.2, 0) is 4.74 Å². The highest BCUT2D eigenvalue weighted by atomic mass is 16.6.